The largest absolute Gasteiger partial charge is 0.463 e. The van der Waals surface area contributed by atoms with Gasteiger partial charge in [0.05, 0.1) is 11.2 Å². The molecule has 0 spiro atoms. The fourth-order valence-corrected chi connectivity index (χ4v) is 2.48. The number of anilines is 1. The first-order valence-electron chi connectivity index (χ1n) is 8.00. The standard InChI is InChI=1S/C18H16N4O5/c1-18(2,17(24)19-12-6-3-4-7-14(12)22(25)26)21-16(23)10-9-13(20-21)15-8-5-11-27-15/h3-11H,1-2H3,(H,19,24). The van der Waals surface area contributed by atoms with Gasteiger partial charge in [-0.25, -0.2) is 4.68 Å². The molecule has 0 radical (unpaired) electrons. The second-order valence-corrected chi connectivity index (χ2v) is 6.23. The number of nitrogens with zero attached hydrogens (tertiary/aromatic N) is 3. The molecule has 0 aliphatic carbocycles. The van der Waals surface area contributed by atoms with Crippen molar-refractivity contribution in [3.8, 4) is 11.5 Å². The van der Waals surface area contributed by atoms with Crippen LogP contribution in [0.3, 0.4) is 0 Å². The molecule has 0 saturated carbocycles. The molecule has 0 fully saturated rings. The molecule has 1 amide bonds. The van der Waals surface area contributed by atoms with Gasteiger partial charge in [-0.15, -0.1) is 0 Å². The minimum atomic E-state index is -1.41. The number of hydrogen-bond donors (Lipinski definition) is 1. The average Bonchev–Trinajstić information content (AvgIpc) is 3.16. The number of para-hydroxylation sites is 2. The Morgan fingerprint density at radius 1 is 1.19 bits per heavy atom. The van der Waals surface area contributed by atoms with Gasteiger partial charge in [-0.2, -0.15) is 5.10 Å². The normalized spacial score (nSPS) is 11.2. The summed E-state index contributed by atoms with van der Waals surface area (Å²) in [5.41, 5.74) is -1.73. The van der Waals surface area contributed by atoms with Gasteiger partial charge < -0.3 is 9.73 Å². The van der Waals surface area contributed by atoms with E-state index in [0.29, 0.717) is 11.5 Å². The first kappa shape index (κ1) is 18.1. The number of nitrogens with one attached hydrogen (secondary N) is 1. The number of amides is 1. The van der Waals surface area contributed by atoms with E-state index >= 15 is 0 Å². The zero-order valence-electron chi connectivity index (χ0n) is 14.6. The van der Waals surface area contributed by atoms with E-state index in [1.165, 1.54) is 50.4 Å². The molecule has 0 bridgehead atoms. The molecular formula is C18H16N4O5. The van der Waals surface area contributed by atoms with Crippen LogP contribution in [0.2, 0.25) is 0 Å². The Labute approximate surface area is 153 Å². The van der Waals surface area contributed by atoms with E-state index in [4.69, 9.17) is 4.42 Å². The highest BCUT2D eigenvalue weighted by Gasteiger charge is 2.33. The fraction of sp³-hybridized carbons (Fsp3) is 0.167. The van der Waals surface area contributed by atoms with Crippen molar-refractivity contribution < 1.29 is 14.1 Å². The molecule has 9 nitrogen and oxygen atoms in total. The minimum Gasteiger partial charge on any atom is -0.463 e. The summed E-state index contributed by atoms with van der Waals surface area (Å²) < 4.78 is 6.29. The lowest BCUT2D eigenvalue weighted by atomic mass is 10.0. The summed E-state index contributed by atoms with van der Waals surface area (Å²) in [6.45, 7) is 2.99. The molecule has 1 aromatic carbocycles. The van der Waals surface area contributed by atoms with Gasteiger partial charge in [-0.05, 0) is 38.1 Å². The molecular weight excluding hydrogens is 352 g/mol. The monoisotopic (exact) mass is 368 g/mol. The Kier molecular flexibility index (Phi) is 4.59. The van der Waals surface area contributed by atoms with Crippen LogP contribution >= 0.6 is 0 Å². The molecule has 2 heterocycles. The molecule has 0 saturated heterocycles. The van der Waals surface area contributed by atoms with E-state index in [2.05, 4.69) is 10.4 Å². The number of hydrogen-bond acceptors (Lipinski definition) is 6. The van der Waals surface area contributed by atoms with E-state index in [9.17, 15) is 19.7 Å². The Morgan fingerprint density at radius 3 is 2.59 bits per heavy atom. The highest BCUT2D eigenvalue weighted by molar-refractivity contribution is 5.97. The second kappa shape index (κ2) is 6.87. The molecule has 9 heteroatoms. The van der Waals surface area contributed by atoms with Crippen molar-refractivity contribution in [2.24, 2.45) is 0 Å². The Bertz CT molecular complexity index is 1050. The van der Waals surface area contributed by atoms with E-state index in [0.717, 1.165) is 4.68 Å². The average molecular weight is 368 g/mol. The van der Waals surface area contributed by atoms with Gasteiger partial charge in [-0.3, -0.25) is 19.7 Å². The van der Waals surface area contributed by atoms with Crippen molar-refractivity contribution in [2.75, 3.05) is 5.32 Å². The molecule has 138 valence electrons. The zero-order valence-corrected chi connectivity index (χ0v) is 14.6. The predicted molar refractivity (Wildman–Crippen MR) is 97.2 cm³/mol. The van der Waals surface area contributed by atoms with Crippen LogP contribution in [0, 0.1) is 10.1 Å². The molecule has 0 aliphatic heterocycles. The first-order chi connectivity index (χ1) is 12.8. The lowest BCUT2D eigenvalue weighted by molar-refractivity contribution is -0.383. The maximum Gasteiger partial charge on any atom is 0.292 e. The Hall–Kier alpha value is -3.75. The van der Waals surface area contributed by atoms with Gasteiger partial charge in [0.25, 0.3) is 17.2 Å². The summed E-state index contributed by atoms with van der Waals surface area (Å²) in [6, 6.07) is 11.9. The van der Waals surface area contributed by atoms with E-state index in [-0.39, 0.29) is 11.4 Å². The Morgan fingerprint density at radius 2 is 1.93 bits per heavy atom. The minimum absolute atomic E-state index is 0.0378. The zero-order chi connectivity index (χ0) is 19.6. The van der Waals surface area contributed by atoms with Crippen molar-refractivity contribution in [1.29, 1.82) is 0 Å². The van der Waals surface area contributed by atoms with Crippen LogP contribution in [-0.2, 0) is 10.3 Å². The van der Waals surface area contributed by atoms with Gasteiger partial charge in [0, 0.05) is 12.1 Å². The topological polar surface area (TPSA) is 120 Å². The molecule has 3 aromatic rings. The number of rotatable bonds is 5. The molecule has 1 N–H and O–H groups in total. The number of nitro benzene ring substituents is 1. The third-order valence-corrected chi connectivity index (χ3v) is 4.01. The molecule has 3 rings (SSSR count). The van der Waals surface area contributed by atoms with Gasteiger partial charge in [0.15, 0.2) is 5.76 Å². The molecule has 0 aliphatic rings. The molecule has 2 aromatic heterocycles. The van der Waals surface area contributed by atoms with Crippen LogP contribution in [0.4, 0.5) is 11.4 Å². The van der Waals surface area contributed by atoms with E-state index in [1.54, 1.807) is 18.2 Å². The smallest absolute Gasteiger partial charge is 0.292 e. The van der Waals surface area contributed by atoms with Crippen molar-refractivity contribution in [1.82, 2.24) is 9.78 Å². The quantitative estimate of drug-likeness (QED) is 0.546. The number of furan rings is 1. The summed E-state index contributed by atoms with van der Waals surface area (Å²) in [7, 11) is 0. The maximum atomic E-state index is 12.8. The first-order valence-corrected chi connectivity index (χ1v) is 8.00. The highest BCUT2D eigenvalue weighted by Crippen LogP contribution is 2.25. The highest BCUT2D eigenvalue weighted by atomic mass is 16.6. The second-order valence-electron chi connectivity index (χ2n) is 6.23. The van der Waals surface area contributed by atoms with Crippen LogP contribution in [0.25, 0.3) is 11.5 Å². The fourth-order valence-electron chi connectivity index (χ4n) is 2.48. The third-order valence-electron chi connectivity index (χ3n) is 4.01. The number of nitro groups is 1. The van der Waals surface area contributed by atoms with E-state index in [1.807, 2.05) is 0 Å². The molecule has 27 heavy (non-hydrogen) atoms. The Balaban J connectivity index is 1.97. The summed E-state index contributed by atoms with van der Waals surface area (Å²) in [6.07, 6.45) is 1.47. The van der Waals surface area contributed by atoms with Crippen LogP contribution in [0.15, 0.2) is 64.0 Å². The van der Waals surface area contributed by atoms with E-state index < -0.39 is 21.9 Å². The van der Waals surface area contributed by atoms with Crippen molar-refractivity contribution in [2.45, 2.75) is 19.4 Å². The SMILES string of the molecule is CC(C)(C(=O)Nc1ccccc1[N+](=O)[O-])n1nc(-c2ccco2)ccc1=O. The van der Waals surface area contributed by atoms with Gasteiger partial charge in [0.2, 0.25) is 0 Å². The summed E-state index contributed by atoms with van der Waals surface area (Å²) in [4.78, 5) is 35.6. The third kappa shape index (κ3) is 3.47. The number of carbonyl (C=O) groups is 1. The summed E-state index contributed by atoms with van der Waals surface area (Å²) >= 11 is 0. The summed E-state index contributed by atoms with van der Waals surface area (Å²) in [5, 5.41) is 17.9. The number of benzene rings is 1. The number of carbonyl (C=O) groups excluding carboxylic acids is 1. The molecule has 0 unspecified atom stereocenters. The lowest BCUT2D eigenvalue weighted by Gasteiger charge is -2.25. The molecule has 0 atom stereocenters. The van der Waals surface area contributed by atoms with Crippen LogP contribution in [0.1, 0.15) is 13.8 Å². The van der Waals surface area contributed by atoms with Crippen LogP contribution in [0.5, 0.6) is 0 Å². The van der Waals surface area contributed by atoms with Crippen LogP contribution < -0.4 is 10.9 Å². The maximum absolute atomic E-state index is 12.8. The summed E-state index contributed by atoms with van der Waals surface area (Å²) in [5.74, 6) is -0.179. The van der Waals surface area contributed by atoms with Crippen molar-refractivity contribution in [3.63, 3.8) is 0 Å². The number of aromatic nitrogens is 2. The van der Waals surface area contributed by atoms with Gasteiger partial charge >= 0.3 is 0 Å². The predicted octanol–water partition coefficient (Wildman–Crippen LogP) is 2.79. The van der Waals surface area contributed by atoms with Gasteiger partial charge in [-0.1, -0.05) is 12.1 Å². The van der Waals surface area contributed by atoms with Crippen LogP contribution in [-0.4, -0.2) is 20.6 Å². The lowest BCUT2D eigenvalue weighted by Crippen LogP contribution is -2.47. The van der Waals surface area contributed by atoms with Crippen molar-refractivity contribution in [3.05, 3.63) is 75.3 Å². The van der Waals surface area contributed by atoms with Gasteiger partial charge in [0.1, 0.15) is 16.9 Å². The van der Waals surface area contributed by atoms with Crippen molar-refractivity contribution >= 4 is 17.3 Å².